The molecule has 0 N–H and O–H groups in total. The lowest BCUT2D eigenvalue weighted by Gasteiger charge is -2.30. The highest BCUT2D eigenvalue weighted by Gasteiger charge is 2.29. The van der Waals surface area contributed by atoms with E-state index >= 15 is 0 Å². The van der Waals surface area contributed by atoms with Crippen LogP contribution in [0.5, 0.6) is 0 Å². The van der Waals surface area contributed by atoms with Crippen molar-refractivity contribution in [2.24, 2.45) is 11.3 Å². The first-order chi connectivity index (χ1) is 9.06. The molecule has 0 aliphatic heterocycles. The molecule has 122 valence electrons. The second-order valence-electron chi connectivity index (χ2n) is 6.76. The molecule has 3 nitrogen and oxygen atoms in total. The monoisotopic (exact) mass is 326 g/mol. The van der Waals surface area contributed by atoms with E-state index in [0.29, 0.717) is 6.61 Å². The first-order valence-electron chi connectivity index (χ1n) is 7.60. The fourth-order valence-corrected chi connectivity index (χ4v) is 3.54. The maximum atomic E-state index is 11.3. The van der Waals surface area contributed by atoms with Crippen LogP contribution in [0.15, 0.2) is 0 Å². The molecule has 0 saturated carbocycles. The summed E-state index contributed by atoms with van der Waals surface area (Å²) in [4.78, 5) is 0. The normalized spacial score (nSPS) is 16.1. The minimum Gasteiger partial charge on any atom is -0.378 e. The lowest BCUT2D eigenvalue weighted by molar-refractivity contribution is 0.0129. The van der Waals surface area contributed by atoms with E-state index in [0.717, 1.165) is 6.42 Å². The first kappa shape index (κ1) is 20.2. The van der Waals surface area contributed by atoms with Crippen molar-refractivity contribution >= 4 is 19.7 Å². The van der Waals surface area contributed by atoms with E-state index in [1.165, 1.54) is 25.7 Å². The second kappa shape index (κ2) is 9.26. The molecule has 0 aromatic rings. The molecule has 0 amide bonds. The second-order valence-corrected chi connectivity index (χ2v) is 9.58. The molecule has 5 heteroatoms. The van der Waals surface area contributed by atoms with Crippen molar-refractivity contribution in [2.75, 3.05) is 12.4 Å². The van der Waals surface area contributed by atoms with Gasteiger partial charge in [-0.2, -0.15) is 0 Å². The summed E-state index contributed by atoms with van der Waals surface area (Å²) in [6.07, 6.45) is 6.11. The third-order valence-corrected chi connectivity index (χ3v) is 4.85. The molecule has 2 atom stereocenters. The largest absolute Gasteiger partial charge is 0.378 e. The van der Waals surface area contributed by atoms with E-state index in [4.69, 9.17) is 15.4 Å². The third kappa shape index (κ3) is 10.9. The van der Waals surface area contributed by atoms with Crippen LogP contribution >= 0.6 is 10.7 Å². The van der Waals surface area contributed by atoms with Crippen molar-refractivity contribution in [3.63, 3.8) is 0 Å². The van der Waals surface area contributed by atoms with Crippen LogP contribution in [0.3, 0.4) is 0 Å². The summed E-state index contributed by atoms with van der Waals surface area (Å²) in [5.41, 5.74) is -0.135. The van der Waals surface area contributed by atoms with Gasteiger partial charge in [0, 0.05) is 16.6 Å². The van der Waals surface area contributed by atoms with Gasteiger partial charge < -0.3 is 4.74 Å². The molecule has 2 unspecified atom stereocenters. The number of ether oxygens (including phenoxy) is 1. The Kier molecular flexibility index (Phi) is 9.36. The molecule has 0 aromatic heterocycles. The molecule has 0 radical (unpaired) electrons. The van der Waals surface area contributed by atoms with Gasteiger partial charge in [-0.05, 0) is 18.8 Å². The molecule has 20 heavy (non-hydrogen) atoms. The molecule has 0 spiro atoms. The van der Waals surface area contributed by atoms with Crippen LogP contribution in [0.4, 0.5) is 0 Å². The van der Waals surface area contributed by atoms with Crippen molar-refractivity contribution in [2.45, 2.75) is 72.8 Å². The number of unbranched alkanes of at least 4 members (excludes halogenated alkanes) is 3. The van der Waals surface area contributed by atoms with E-state index < -0.39 is 9.05 Å². The summed E-state index contributed by atoms with van der Waals surface area (Å²) in [7, 11) is 1.90. The zero-order chi connectivity index (χ0) is 15.8. The molecular weight excluding hydrogens is 296 g/mol. The summed E-state index contributed by atoms with van der Waals surface area (Å²) in [6.45, 7) is 10.8. The van der Waals surface area contributed by atoms with Crippen LogP contribution < -0.4 is 0 Å². The minimum atomic E-state index is -3.49. The Balaban J connectivity index is 4.20. The minimum absolute atomic E-state index is 0.0272. The number of rotatable bonds is 10. The van der Waals surface area contributed by atoms with Gasteiger partial charge in [0.25, 0.3) is 0 Å². The Morgan fingerprint density at radius 1 is 1.15 bits per heavy atom. The average Bonchev–Trinajstić information content (AvgIpc) is 2.27. The Morgan fingerprint density at radius 3 is 2.20 bits per heavy atom. The Hall–Kier alpha value is 0.200. The zero-order valence-electron chi connectivity index (χ0n) is 13.6. The Morgan fingerprint density at radius 2 is 1.75 bits per heavy atom. The SMILES string of the molecule is CCCCCCC(C)OCC(CS(=O)(=O)Cl)C(C)(C)C. The number of halogens is 1. The van der Waals surface area contributed by atoms with Crippen molar-refractivity contribution in [3.05, 3.63) is 0 Å². The number of hydrogen-bond donors (Lipinski definition) is 0. The van der Waals surface area contributed by atoms with Gasteiger partial charge in [0.1, 0.15) is 0 Å². The summed E-state index contributed by atoms with van der Waals surface area (Å²) >= 11 is 0. The van der Waals surface area contributed by atoms with Gasteiger partial charge in [0.15, 0.2) is 0 Å². The van der Waals surface area contributed by atoms with Crippen LogP contribution in [0.1, 0.15) is 66.7 Å². The van der Waals surface area contributed by atoms with Gasteiger partial charge in [-0.25, -0.2) is 8.42 Å². The summed E-state index contributed by atoms with van der Waals surface area (Å²) in [5.74, 6) is -0.108. The van der Waals surface area contributed by atoms with E-state index in [2.05, 4.69) is 13.8 Å². The van der Waals surface area contributed by atoms with Crippen LogP contribution in [0, 0.1) is 11.3 Å². The number of hydrogen-bond acceptors (Lipinski definition) is 3. The predicted molar refractivity (Wildman–Crippen MR) is 86.8 cm³/mol. The highest BCUT2D eigenvalue weighted by molar-refractivity contribution is 8.13. The summed E-state index contributed by atoms with van der Waals surface area (Å²) in [5, 5.41) is 0. The van der Waals surface area contributed by atoms with Gasteiger partial charge in [-0.15, -0.1) is 0 Å². The van der Waals surface area contributed by atoms with Crippen LogP contribution in [0.25, 0.3) is 0 Å². The van der Waals surface area contributed by atoms with Gasteiger partial charge in [0.2, 0.25) is 9.05 Å². The Bertz CT molecular complexity index is 347. The van der Waals surface area contributed by atoms with Crippen LogP contribution in [0.2, 0.25) is 0 Å². The predicted octanol–water partition coefficient (Wildman–Crippen LogP) is 4.59. The molecule has 0 bridgehead atoms. The van der Waals surface area contributed by atoms with Gasteiger partial charge in [0.05, 0.1) is 18.5 Å². The zero-order valence-corrected chi connectivity index (χ0v) is 15.2. The molecule has 0 saturated heterocycles. The van der Waals surface area contributed by atoms with Gasteiger partial charge in [-0.3, -0.25) is 0 Å². The van der Waals surface area contributed by atoms with Crippen LogP contribution in [-0.4, -0.2) is 26.9 Å². The van der Waals surface area contributed by atoms with E-state index in [1.807, 2.05) is 20.8 Å². The smallest absolute Gasteiger partial charge is 0.232 e. The average molecular weight is 327 g/mol. The van der Waals surface area contributed by atoms with Gasteiger partial charge in [-0.1, -0.05) is 53.4 Å². The van der Waals surface area contributed by atoms with Crippen molar-refractivity contribution in [1.82, 2.24) is 0 Å². The lowest BCUT2D eigenvalue weighted by Crippen LogP contribution is -2.32. The van der Waals surface area contributed by atoms with Crippen molar-refractivity contribution in [3.8, 4) is 0 Å². The van der Waals surface area contributed by atoms with E-state index in [9.17, 15) is 8.42 Å². The molecule has 0 aromatic carbocycles. The van der Waals surface area contributed by atoms with Crippen molar-refractivity contribution in [1.29, 1.82) is 0 Å². The maximum absolute atomic E-state index is 11.3. The van der Waals surface area contributed by atoms with Gasteiger partial charge >= 0.3 is 0 Å². The highest BCUT2D eigenvalue weighted by atomic mass is 35.7. The lowest BCUT2D eigenvalue weighted by atomic mass is 9.82. The topological polar surface area (TPSA) is 43.4 Å². The van der Waals surface area contributed by atoms with Crippen molar-refractivity contribution < 1.29 is 13.2 Å². The quantitative estimate of drug-likeness (QED) is 0.435. The summed E-state index contributed by atoms with van der Waals surface area (Å²) < 4.78 is 28.4. The molecule has 0 aliphatic rings. The molecular formula is C15H31ClO3S. The maximum Gasteiger partial charge on any atom is 0.232 e. The summed E-state index contributed by atoms with van der Waals surface area (Å²) in [6, 6.07) is 0. The first-order valence-corrected chi connectivity index (χ1v) is 10.1. The molecule has 0 heterocycles. The van der Waals surface area contributed by atoms with E-state index in [-0.39, 0.29) is 23.2 Å². The fourth-order valence-electron chi connectivity index (χ4n) is 2.01. The molecule has 0 aliphatic carbocycles. The third-order valence-electron chi connectivity index (χ3n) is 3.67. The standard InChI is InChI=1S/C15H31ClO3S/c1-6-7-8-9-10-13(2)19-11-14(15(3,4)5)12-20(16,17)18/h13-14H,6-12H2,1-5H3. The molecule has 0 rings (SSSR count). The fraction of sp³-hybridized carbons (Fsp3) is 1.00. The van der Waals surface area contributed by atoms with E-state index in [1.54, 1.807) is 0 Å². The Labute approximate surface area is 129 Å². The molecule has 0 fully saturated rings. The highest BCUT2D eigenvalue weighted by Crippen LogP contribution is 2.29. The van der Waals surface area contributed by atoms with Crippen LogP contribution in [-0.2, 0) is 13.8 Å².